The number of nitrogens with zero attached hydrogens (tertiary/aromatic N) is 3. The molecular formula is C21H26N4O4. The minimum absolute atomic E-state index is 0.138. The maximum Gasteiger partial charge on any atom is 0.349 e. The van der Waals surface area contributed by atoms with Gasteiger partial charge in [-0.05, 0) is 57.2 Å². The van der Waals surface area contributed by atoms with Gasteiger partial charge in [-0.3, -0.25) is 9.59 Å². The number of carbonyl (C=O) groups excluding carboxylic acids is 3. The zero-order valence-corrected chi connectivity index (χ0v) is 16.8. The Balaban J connectivity index is 1.59. The SMILES string of the molecule is Cc1cc(/C=C(\C#N)C(=O)OCC(=O)N2CCC(C(N)=O)CC2)c(C)n1C1CC1. The number of ether oxygens (including phenoxy) is 1. The second-order valence-electron chi connectivity index (χ2n) is 7.73. The summed E-state index contributed by atoms with van der Waals surface area (Å²) in [5.41, 5.74) is 8.07. The number of nitrogens with two attached hydrogens (primary N) is 1. The predicted molar refractivity (Wildman–Crippen MR) is 105 cm³/mol. The first-order valence-corrected chi connectivity index (χ1v) is 9.86. The summed E-state index contributed by atoms with van der Waals surface area (Å²) < 4.78 is 7.30. The molecule has 2 aliphatic rings. The van der Waals surface area contributed by atoms with Crippen molar-refractivity contribution < 1.29 is 19.1 Å². The first kappa shape index (κ1) is 20.6. The van der Waals surface area contributed by atoms with Gasteiger partial charge in [-0.25, -0.2) is 4.79 Å². The highest BCUT2D eigenvalue weighted by Crippen LogP contribution is 2.38. The van der Waals surface area contributed by atoms with Crippen LogP contribution in [0.2, 0.25) is 0 Å². The van der Waals surface area contributed by atoms with E-state index in [-0.39, 0.29) is 23.3 Å². The van der Waals surface area contributed by atoms with E-state index in [1.54, 1.807) is 4.90 Å². The van der Waals surface area contributed by atoms with Crippen LogP contribution >= 0.6 is 0 Å². The number of likely N-dealkylation sites (tertiary alicyclic amines) is 1. The molecule has 154 valence electrons. The quantitative estimate of drug-likeness (QED) is 0.444. The molecule has 2 N–H and O–H groups in total. The number of esters is 1. The van der Waals surface area contributed by atoms with E-state index in [1.807, 2.05) is 26.0 Å². The van der Waals surface area contributed by atoms with E-state index >= 15 is 0 Å². The Morgan fingerprint density at radius 2 is 1.90 bits per heavy atom. The monoisotopic (exact) mass is 398 g/mol. The molecule has 2 heterocycles. The van der Waals surface area contributed by atoms with Crippen LogP contribution in [0.15, 0.2) is 11.6 Å². The molecule has 8 heteroatoms. The molecule has 0 radical (unpaired) electrons. The molecular weight excluding hydrogens is 372 g/mol. The van der Waals surface area contributed by atoms with Crippen molar-refractivity contribution in [3.63, 3.8) is 0 Å². The molecule has 0 aromatic carbocycles. The van der Waals surface area contributed by atoms with Crippen LogP contribution in [0.4, 0.5) is 0 Å². The number of carbonyl (C=O) groups is 3. The van der Waals surface area contributed by atoms with E-state index in [0.717, 1.165) is 29.8 Å². The van der Waals surface area contributed by atoms with Gasteiger partial charge in [0.1, 0.15) is 11.6 Å². The Bertz CT molecular complexity index is 897. The average Bonchev–Trinajstić information content (AvgIpc) is 3.49. The molecule has 29 heavy (non-hydrogen) atoms. The fourth-order valence-electron chi connectivity index (χ4n) is 3.85. The van der Waals surface area contributed by atoms with E-state index in [9.17, 15) is 19.6 Å². The van der Waals surface area contributed by atoms with Gasteiger partial charge in [-0.2, -0.15) is 5.26 Å². The highest BCUT2D eigenvalue weighted by atomic mass is 16.5. The van der Waals surface area contributed by atoms with Gasteiger partial charge in [-0.15, -0.1) is 0 Å². The van der Waals surface area contributed by atoms with Gasteiger partial charge in [0, 0.05) is 36.4 Å². The summed E-state index contributed by atoms with van der Waals surface area (Å²) in [6.45, 7) is 4.35. The number of hydrogen-bond donors (Lipinski definition) is 1. The van der Waals surface area contributed by atoms with Crippen LogP contribution in [0, 0.1) is 31.1 Å². The topological polar surface area (TPSA) is 118 Å². The number of aryl methyl sites for hydroxylation is 1. The van der Waals surface area contributed by atoms with Crippen LogP contribution < -0.4 is 5.73 Å². The van der Waals surface area contributed by atoms with Crippen LogP contribution in [-0.2, 0) is 19.1 Å². The summed E-state index contributed by atoms with van der Waals surface area (Å²) in [5.74, 6) is -1.73. The van der Waals surface area contributed by atoms with Crippen LogP contribution in [0.1, 0.15) is 48.7 Å². The minimum atomic E-state index is -0.816. The molecule has 0 atom stereocenters. The third kappa shape index (κ3) is 4.67. The lowest BCUT2D eigenvalue weighted by molar-refractivity contribution is -0.149. The second kappa shape index (κ2) is 8.52. The maximum absolute atomic E-state index is 12.3. The molecule has 0 unspecified atom stereocenters. The lowest BCUT2D eigenvalue weighted by Gasteiger charge is -2.30. The third-order valence-corrected chi connectivity index (χ3v) is 5.65. The zero-order chi connectivity index (χ0) is 21.1. The van der Waals surface area contributed by atoms with Crippen LogP contribution in [0.3, 0.4) is 0 Å². The summed E-state index contributed by atoms with van der Waals surface area (Å²) in [5, 5.41) is 9.38. The number of aromatic nitrogens is 1. The van der Waals surface area contributed by atoms with Crippen LogP contribution in [-0.4, -0.2) is 46.9 Å². The summed E-state index contributed by atoms with van der Waals surface area (Å²) in [7, 11) is 0. The number of hydrogen-bond acceptors (Lipinski definition) is 5. The molecule has 1 aliphatic carbocycles. The minimum Gasteiger partial charge on any atom is -0.451 e. The van der Waals surface area contributed by atoms with Gasteiger partial charge in [0.15, 0.2) is 6.61 Å². The van der Waals surface area contributed by atoms with E-state index in [2.05, 4.69) is 4.57 Å². The van der Waals surface area contributed by atoms with E-state index in [4.69, 9.17) is 10.5 Å². The number of rotatable bonds is 6. The Morgan fingerprint density at radius 3 is 2.45 bits per heavy atom. The average molecular weight is 398 g/mol. The van der Waals surface area contributed by atoms with Gasteiger partial charge in [0.25, 0.3) is 5.91 Å². The fourth-order valence-corrected chi connectivity index (χ4v) is 3.85. The summed E-state index contributed by atoms with van der Waals surface area (Å²) >= 11 is 0. The van der Waals surface area contributed by atoms with E-state index < -0.39 is 12.6 Å². The molecule has 0 bridgehead atoms. The van der Waals surface area contributed by atoms with Gasteiger partial charge in [0.2, 0.25) is 5.91 Å². The number of nitriles is 1. The molecule has 3 rings (SSSR count). The van der Waals surface area contributed by atoms with Crippen molar-refractivity contribution in [3.8, 4) is 6.07 Å². The molecule has 2 fully saturated rings. The van der Waals surface area contributed by atoms with Crippen molar-refractivity contribution >= 4 is 23.9 Å². The second-order valence-corrected chi connectivity index (χ2v) is 7.73. The highest BCUT2D eigenvalue weighted by Gasteiger charge is 2.28. The standard InChI is InChI=1S/C21H26N4O4/c1-13-9-16(14(2)25(13)18-3-4-18)10-17(11-22)21(28)29-12-19(26)24-7-5-15(6-8-24)20(23)27/h9-10,15,18H,3-8,12H2,1-2H3,(H2,23,27)/b17-10+. The van der Waals surface area contributed by atoms with Crippen molar-refractivity contribution in [1.29, 1.82) is 5.26 Å². The number of primary amides is 1. The molecule has 1 aromatic rings. The highest BCUT2D eigenvalue weighted by molar-refractivity contribution is 5.99. The molecule has 1 saturated carbocycles. The van der Waals surface area contributed by atoms with Crippen molar-refractivity contribution in [2.45, 2.75) is 45.6 Å². The fraction of sp³-hybridized carbons (Fsp3) is 0.524. The largest absolute Gasteiger partial charge is 0.451 e. The van der Waals surface area contributed by atoms with Crippen LogP contribution in [0.25, 0.3) is 6.08 Å². The maximum atomic E-state index is 12.3. The van der Waals surface area contributed by atoms with Gasteiger partial charge in [-0.1, -0.05) is 0 Å². The normalized spacial score (nSPS) is 17.7. The third-order valence-electron chi connectivity index (χ3n) is 5.65. The molecule has 2 amide bonds. The van der Waals surface area contributed by atoms with Gasteiger partial charge in [0.05, 0.1) is 0 Å². The lowest BCUT2D eigenvalue weighted by atomic mass is 9.96. The summed E-state index contributed by atoms with van der Waals surface area (Å²) in [4.78, 5) is 37.3. The van der Waals surface area contributed by atoms with Gasteiger partial charge < -0.3 is 19.9 Å². The Morgan fingerprint density at radius 1 is 1.24 bits per heavy atom. The first-order valence-electron chi connectivity index (χ1n) is 9.86. The molecule has 1 aliphatic heterocycles. The summed E-state index contributed by atoms with van der Waals surface area (Å²) in [6, 6.07) is 4.33. The van der Waals surface area contributed by atoms with Gasteiger partial charge >= 0.3 is 5.97 Å². The van der Waals surface area contributed by atoms with E-state index in [0.29, 0.717) is 32.0 Å². The summed E-state index contributed by atoms with van der Waals surface area (Å²) in [6.07, 6.45) is 4.83. The predicted octanol–water partition coefficient (Wildman–Crippen LogP) is 1.61. The van der Waals surface area contributed by atoms with Crippen molar-refractivity contribution in [3.05, 3.63) is 28.6 Å². The molecule has 1 saturated heterocycles. The number of amides is 2. The Kier molecular flexibility index (Phi) is 6.06. The first-order chi connectivity index (χ1) is 13.8. The molecule has 0 spiro atoms. The van der Waals surface area contributed by atoms with E-state index in [1.165, 1.54) is 6.08 Å². The Labute approximate surface area is 169 Å². The van der Waals surface area contributed by atoms with Crippen LogP contribution in [0.5, 0.6) is 0 Å². The smallest absolute Gasteiger partial charge is 0.349 e. The Hall–Kier alpha value is -3.08. The lowest BCUT2D eigenvalue weighted by Crippen LogP contribution is -2.43. The van der Waals surface area contributed by atoms with Crippen molar-refractivity contribution in [2.24, 2.45) is 11.7 Å². The number of piperidine rings is 1. The van der Waals surface area contributed by atoms with Crippen molar-refractivity contribution in [1.82, 2.24) is 9.47 Å². The van der Waals surface area contributed by atoms with Crippen molar-refractivity contribution in [2.75, 3.05) is 19.7 Å². The molecule has 8 nitrogen and oxygen atoms in total. The zero-order valence-electron chi connectivity index (χ0n) is 16.8. The molecule has 1 aromatic heterocycles.